The molecule has 1 saturated heterocycles. The first-order valence-electron chi connectivity index (χ1n) is 9.52. The Morgan fingerprint density at radius 3 is 2.43 bits per heavy atom. The zero-order valence-electron chi connectivity index (χ0n) is 17.4. The molecule has 1 fully saturated rings. The van der Waals surface area contributed by atoms with Crippen molar-refractivity contribution in [1.82, 2.24) is 0 Å². The molecule has 2 aliphatic rings. The lowest BCUT2D eigenvalue weighted by atomic mass is 9.92. The monoisotopic (exact) mass is 414 g/mol. The minimum atomic E-state index is -1.32. The molecule has 8 heteroatoms. The standard InChI is InChI=1S/C22H22O8/c1-11(23)17-14-9-22(10-16(25)28-21(3,4)30-22)29-19(14)13-7-6-8-15(26-5)18(13)20(17)27-12(2)24/h6-8H,9-10H2,1-5H3. The van der Waals surface area contributed by atoms with Crippen LogP contribution in [0.2, 0.25) is 0 Å². The molecule has 0 saturated carbocycles. The summed E-state index contributed by atoms with van der Waals surface area (Å²) in [4.78, 5) is 36.8. The van der Waals surface area contributed by atoms with Crippen molar-refractivity contribution in [3.05, 3.63) is 29.3 Å². The minimum absolute atomic E-state index is 0.111. The van der Waals surface area contributed by atoms with Crippen LogP contribution < -0.4 is 14.2 Å². The van der Waals surface area contributed by atoms with Gasteiger partial charge in [-0.2, -0.15) is 0 Å². The average Bonchev–Trinajstić information content (AvgIpc) is 2.95. The topological polar surface area (TPSA) is 97.4 Å². The third-order valence-corrected chi connectivity index (χ3v) is 5.06. The SMILES string of the molecule is COc1cccc2c3c(c(C(C)=O)c(OC(C)=O)c12)CC1(CC(=O)OC(C)(C)O1)O3. The number of fused-ring (bicyclic) bond motifs is 3. The van der Waals surface area contributed by atoms with E-state index >= 15 is 0 Å². The molecule has 158 valence electrons. The molecule has 0 bridgehead atoms. The number of methoxy groups -OCH3 is 1. The number of carbonyl (C=O) groups is 3. The molecule has 30 heavy (non-hydrogen) atoms. The van der Waals surface area contributed by atoms with Gasteiger partial charge in [-0.05, 0) is 13.0 Å². The van der Waals surface area contributed by atoms with Gasteiger partial charge in [0.1, 0.15) is 17.9 Å². The molecule has 1 atom stereocenters. The van der Waals surface area contributed by atoms with Gasteiger partial charge < -0.3 is 18.9 Å². The number of cyclic esters (lactones) is 1. The fourth-order valence-corrected chi connectivity index (χ4v) is 4.25. The molecule has 0 radical (unpaired) electrons. The molecule has 1 spiro atoms. The Hall–Kier alpha value is -3.13. The van der Waals surface area contributed by atoms with E-state index in [0.717, 1.165) is 0 Å². The molecule has 2 aromatic rings. The van der Waals surface area contributed by atoms with Crippen LogP contribution in [0, 0.1) is 0 Å². The number of esters is 2. The van der Waals surface area contributed by atoms with Crippen LogP contribution in [0.4, 0.5) is 0 Å². The van der Waals surface area contributed by atoms with Crippen molar-refractivity contribution in [2.45, 2.75) is 52.1 Å². The number of benzene rings is 2. The fraction of sp³-hybridized carbons (Fsp3) is 0.409. The van der Waals surface area contributed by atoms with Crippen molar-refractivity contribution < 1.29 is 38.1 Å². The summed E-state index contributed by atoms with van der Waals surface area (Å²) in [5, 5.41) is 1.02. The molecular formula is C22H22O8. The van der Waals surface area contributed by atoms with Crippen LogP contribution in [0.25, 0.3) is 10.8 Å². The lowest BCUT2D eigenvalue weighted by molar-refractivity contribution is -0.333. The molecule has 2 aliphatic heterocycles. The second-order valence-electron chi connectivity index (χ2n) is 7.89. The van der Waals surface area contributed by atoms with E-state index in [1.807, 2.05) is 0 Å². The normalized spacial score (nSPS) is 21.7. The summed E-state index contributed by atoms with van der Waals surface area (Å²) in [6.07, 6.45) is -0.0198. The Labute approximate surface area is 173 Å². The number of hydrogen-bond donors (Lipinski definition) is 0. The predicted octanol–water partition coefficient (Wildman–Crippen LogP) is 3.31. The smallest absolute Gasteiger partial charge is 0.314 e. The van der Waals surface area contributed by atoms with Crippen LogP contribution in [0.15, 0.2) is 18.2 Å². The van der Waals surface area contributed by atoms with Gasteiger partial charge in [-0.1, -0.05) is 12.1 Å². The predicted molar refractivity (Wildman–Crippen MR) is 105 cm³/mol. The van der Waals surface area contributed by atoms with E-state index in [2.05, 4.69) is 0 Å². The van der Waals surface area contributed by atoms with E-state index < -0.39 is 23.5 Å². The van der Waals surface area contributed by atoms with Gasteiger partial charge in [-0.15, -0.1) is 0 Å². The molecule has 0 aliphatic carbocycles. The number of rotatable bonds is 3. The van der Waals surface area contributed by atoms with Gasteiger partial charge in [0.2, 0.25) is 11.6 Å². The second-order valence-corrected chi connectivity index (χ2v) is 7.89. The summed E-state index contributed by atoms with van der Waals surface area (Å²) < 4.78 is 28.5. The van der Waals surface area contributed by atoms with Crippen LogP contribution in [0.1, 0.15) is 50.0 Å². The fourth-order valence-electron chi connectivity index (χ4n) is 4.25. The van der Waals surface area contributed by atoms with Gasteiger partial charge in [0, 0.05) is 38.1 Å². The zero-order chi connectivity index (χ0) is 21.8. The van der Waals surface area contributed by atoms with Crippen LogP contribution in [0.5, 0.6) is 17.2 Å². The third-order valence-electron chi connectivity index (χ3n) is 5.06. The highest BCUT2D eigenvalue weighted by Crippen LogP contribution is 2.52. The lowest BCUT2D eigenvalue weighted by Crippen LogP contribution is -2.53. The van der Waals surface area contributed by atoms with Gasteiger partial charge in [0.05, 0.1) is 18.1 Å². The maximum atomic E-state index is 12.7. The van der Waals surface area contributed by atoms with E-state index in [0.29, 0.717) is 27.8 Å². The molecule has 2 heterocycles. The van der Waals surface area contributed by atoms with Gasteiger partial charge in [-0.25, -0.2) is 0 Å². The van der Waals surface area contributed by atoms with E-state index in [1.165, 1.54) is 21.0 Å². The van der Waals surface area contributed by atoms with Crippen molar-refractivity contribution in [3.63, 3.8) is 0 Å². The number of Topliss-reactive ketones (excluding diaryl/α,β-unsaturated/α-hetero) is 1. The Bertz CT molecular complexity index is 1100. The van der Waals surface area contributed by atoms with E-state index in [4.69, 9.17) is 23.7 Å². The summed E-state index contributed by atoms with van der Waals surface area (Å²) in [6.45, 7) is 5.89. The summed E-state index contributed by atoms with van der Waals surface area (Å²) >= 11 is 0. The molecule has 0 amide bonds. The highest BCUT2D eigenvalue weighted by Gasteiger charge is 2.53. The van der Waals surface area contributed by atoms with Crippen molar-refractivity contribution in [3.8, 4) is 17.2 Å². The highest BCUT2D eigenvalue weighted by molar-refractivity contribution is 6.11. The first-order chi connectivity index (χ1) is 14.1. The highest BCUT2D eigenvalue weighted by atomic mass is 16.8. The summed E-state index contributed by atoms with van der Waals surface area (Å²) in [5.74, 6) is -2.94. The van der Waals surface area contributed by atoms with E-state index in [9.17, 15) is 14.4 Å². The van der Waals surface area contributed by atoms with Crippen LogP contribution in [-0.2, 0) is 25.5 Å². The first-order valence-corrected chi connectivity index (χ1v) is 9.52. The Morgan fingerprint density at radius 1 is 1.10 bits per heavy atom. The van der Waals surface area contributed by atoms with Gasteiger partial charge in [0.25, 0.3) is 0 Å². The Balaban J connectivity index is 2.02. The molecule has 1 unspecified atom stereocenters. The molecule has 4 rings (SSSR count). The molecule has 0 aromatic heterocycles. The quantitative estimate of drug-likeness (QED) is 0.429. The average molecular weight is 414 g/mol. The number of ether oxygens (including phenoxy) is 5. The zero-order valence-corrected chi connectivity index (χ0v) is 17.4. The van der Waals surface area contributed by atoms with Crippen molar-refractivity contribution >= 4 is 28.5 Å². The second kappa shape index (κ2) is 6.70. The van der Waals surface area contributed by atoms with Crippen molar-refractivity contribution in [2.75, 3.05) is 7.11 Å². The van der Waals surface area contributed by atoms with Crippen LogP contribution in [0.3, 0.4) is 0 Å². The molecule has 8 nitrogen and oxygen atoms in total. The summed E-state index contributed by atoms with van der Waals surface area (Å²) in [7, 11) is 1.48. The lowest BCUT2D eigenvalue weighted by Gasteiger charge is -2.40. The van der Waals surface area contributed by atoms with Crippen molar-refractivity contribution in [2.24, 2.45) is 0 Å². The Kier molecular flexibility index (Phi) is 4.50. The maximum Gasteiger partial charge on any atom is 0.314 e. The third kappa shape index (κ3) is 3.17. The summed E-state index contributed by atoms with van der Waals surface area (Å²) in [6, 6.07) is 5.24. The van der Waals surface area contributed by atoms with Crippen LogP contribution >= 0.6 is 0 Å². The Morgan fingerprint density at radius 2 is 1.83 bits per heavy atom. The minimum Gasteiger partial charge on any atom is -0.496 e. The first kappa shape index (κ1) is 20.2. The van der Waals surface area contributed by atoms with Crippen molar-refractivity contribution in [1.29, 1.82) is 0 Å². The number of ketones is 1. The summed E-state index contributed by atoms with van der Waals surface area (Å²) in [5.41, 5.74) is 0.722. The van der Waals surface area contributed by atoms with E-state index in [1.54, 1.807) is 32.0 Å². The number of hydrogen-bond acceptors (Lipinski definition) is 8. The van der Waals surface area contributed by atoms with Gasteiger partial charge in [-0.3, -0.25) is 19.1 Å². The largest absolute Gasteiger partial charge is 0.496 e. The van der Waals surface area contributed by atoms with E-state index in [-0.39, 0.29) is 29.9 Å². The molecule has 2 aromatic carbocycles. The molecular weight excluding hydrogens is 392 g/mol. The molecule has 0 N–H and O–H groups in total. The van der Waals surface area contributed by atoms with Gasteiger partial charge >= 0.3 is 11.9 Å². The van der Waals surface area contributed by atoms with Crippen LogP contribution in [-0.4, -0.2) is 36.4 Å². The maximum absolute atomic E-state index is 12.7. The van der Waals surface area contributed by atoms with Gasteiger partial charge in [0.15, 0.2) is 11.5 Å². The number of carbonyl (C=O) groups excluding carboxylic acids is 3.